The first-order valence-electron chi connectivity index (χ1n) is 3.35. The van der Waals surface area contributed by atoms with Gasteiger partial charge in [-0.25, -0.2) is 0 Å². The van der Waals surface area contributed by atoms with Crippen LogP contribution in [0.15, 0.2) is 10.5 Å². The van der Waals surface area contributed by atoms with Crippen LogP contribution in [0.25, 0.3) is 0 Å². The summed E-state index contributed by atoms with van der Waals surface area (Å²) in [4.78, 5) is 10.6. The van der Waals surface area contributed by atoms with Crippen LogP contribution in [0, 0.1) is 5.41 Å². The van der Waals surface area contributed by atoms with Crippen molar-refractivity contribution in [1.29, 1.82) is 5.41 Å². The summed E-state index contributed by atoms with van der Waals surface area (Å²) in [5.74, 6) is 0. The van der Waals surface area contributed by atoms with Crippen LogP contribution in [0.5, 0.6) is 0 Å². The third kappa shape index (κ3) is 1.73. The zero-order valence-electron chi connectivity index (χ0n) is 6.47. The third-order valence-electron chi connectivity index (χ3n) is 1.59. The quantitative estimate of drug-likeness (QED) is 0.488. The molecular weight excluding hydrogens is 255 g/mol. The molecule has 0 aliphatic rings. The molecule has 1 rings (SSSR count). The van der Waals surface area contributed by atoms with Crippen LogP contribution in [0.4, 0.5) is 5.69 Å². The third-order valence-corrected chi connectivity index (χ3v) is 2.75. The van der Waals surface area contributed by atoms with Crippen molar-refractivity contribution < 1.29 is 4.79 Å². The van der Waals surface area contributed by atoms with Gasteiger partial charge < -0.3 is 11.1 Å². The molecule has 0 radical (unpaired) electrons. The Morgan fingerprint density at radius 3 is 2.62 bits per heavy atom. The standard InChI is InChI=1S/C8H6BrClN2O/c9-8-4(2-11)7(12)1-6(10)5(8)3-13/h1-3,11H,12H2. The van der Waals surface area contributed by atoms with E-state index >= 15 is 0 Å². The summed E-state index contributed by atoms with van der Waals surface area (Å²) in [5, 5.41) is 7.36. The van der Waals surface area contributed by atoms with E-state index in [4.69, 9.17) is 22.7 Å². The molecule has 5 heteroatoms. The second kappa shape index (κ2) is 3.89. The number of nitrogens with two attached hydrogens (primary N) is 1. The van der Waals surface area contributed by atoms with Crippen molar-refractivity contribution in [2.45, 2.75) is 0 Å². The van der Waals surface area contributed by atoms with Gasteiger partial charge in [-0.2, -0.15) is 0 Å². The first-order chi connectivity index (χ1) is 6.11. The molecule has 0 fully saturated rings. The van der Waals surface area contributed by atoms with Crippen molar-refractivity contribution in [1.82, 2.24) is 0 Å². The van der Waals surface area contributed by atoms with E-state index in [0.29, 0.717) is 27.6 Å². The zero-order valence-corrected chi connectivity index (χ0v) is 8.82. The Morgan fingerprint density at radius 1 is 1.54 bits per heavy atom. The normalized spacial score (nSPS) is 9.69. The predicted molar refractivity (Wildman–Crippen MR) is 56.8 cm³/mol. The molecule has 3 N–H and O–H groups in total. The number of carbonyl (C=O) groups excluding carboxylic acids is 1. The highest BCUT2D eigenvalue weighted by molar-refractivity contribution is 9.10. The lowest BCUT2D eigenvalue weighted by atomic mass is 10.1. The van der Waals surface area contributed by atoms with E-state index in [-0.39, 0.29) is 5.02 Å². The van der Waals surface area contributed by atoms with Gasteiger partial charge in [0.15, 0.2) is 6.29 Å². The van der Waals surface area contributed by atoms with E-state index in [2.05, 4.69) is 15.9 Å². The Bertz CT molecular complexity index is 347. The fourth-order valence-corrected chi connectivity index (χ4v) is 1.94. The molecule has 0 saturated carbocycles. The van der Waals surface area contributed by atoms with E-state index in [0.717, 1.165) is 6.21 Å². The number of hydrogen-bond acceptors (Lipinski definition) is 3. The molecule has 0 unspecified atom stereocenters. The largest absolute Gasteiger partial charge is 0.398 e. The Balaban J connectivity index is 3.56. The lowest BCUT2D eigenvalue weighted by Crippen LogP contribution is -1.98. The molecule has 0 aliphatic heterocycles. The molecule has 0 amide bonds. The molecule has 0 aromatic heterocycles. The molecular formula is C8H6BrClN2O. The van der Waals surface area contributed by atoms with Gasteiger partial charge in [0.1, 0.15) is 0 Å². The minimum absolute atomic E-state index is 0.282. The monoisotopic (exact) mass is 260 g/mol. The van der Waals surface area contributed by atoms with Crippen LogP contribution in [0.2, 0.25) is 5.02 Å². The van der Waals surface area contributed by atoms with Crippen molar-refractivity contribution in [3.05, 3.63) is 26.7 Å². The molecule has 0 spiro atoms. The predicted octanol–water partition coefficient (Wildman–Crippen LogP) is 2.49. The van der Waals surface area contributed by atoms with Gasteiger partial charge in [0.05, 0.1) is 5.02 Å². The molecule has 68 valence electrons. The van der Waals surface area contributed by atoms with Crippen molar-refractivity contribution in [2.75, 3.05) is 5.73 Å². The highest BCUT2D eigenvalue weighted by atomic mass is 79.9. The highest BCUT2D eigenvalue weighted by Gasteiger charge is 2.11. The molecule has 0 saturated heterocycles. The number of carbonyl (C=O) groups is 1. The lowest BCUT2D eigenvalue weighted by Gasteiger charge is -2.06. The molecule has 0 atom stereocenters. The van der Waals surface area contributed by atoms with E-state index in [1.807, 2.05) is 0 Å². The van der Waals surface area contributed by atoms with E-state index in [9.17, 15) is 4.79 Å². The summed E-state index contributed by atoms with van der Waals surface area (Å²) in [5.41, 5.74) is 6.73. The number of nitrogen functional groups attached to an aromatic ring is 1. The van der Waals surface area contributed by atoms with Gasteiger partial charge in [-0.15, -0.1) is 0 Å². The van der Waals surface area contributed by atoms with Gasteiger partial charge in [-0.3, -0.25) is 4.79 Å². The van der Waals surface area contributed by atoms with Crippen LogP contribution in [0.1, 0.15) is 15.9 Å². The Kier molecular flexibility index (Phi) is 3.06. The maximum atomic E-state index is 10.6. The summed E-state index contributed by atoms with van der Waals surface area (Å²) >= 11 is 8.90. The Hall–Kier alpha value is -0.870. The SMILES string of the molecule is N=Cc1c(N)cc(Cl)c(C=O)c1Br. The lowest BCUT2D eigenvalue weighted by molar-refractivity contribution is 0.112. The van der Waals surface area contributed by atoms with Gasteiger partial charge in [0.2, 0.25) is 0 Å². The number of halogens is 2. The number of aldehydes is 1. The Labute approximate surface area is 88.5 Å². The number of nitrogens with one attached hydrogen (secondary N) is 1. The maximum absolute atomic E-state index is 10.6. The van der Waals surface area contributed by atoms with Gasteiger partial charge in [-0.1, -0.05) is 11.6 Å². The Morgan fingerprint density at radius 2 is 2.15 bits per heavy atom. The molecule has 0 bridgehead atoms. The second-order valence-corrected chi connectivity index (χ2v) is 3.55. The van der Waals surface area contributed by atoms with E-state index < -0.39 is 0 Å². The molecule has 1 aromatic rings. The van der Waals surface area contributed by atoms with Gasteiger partial charge in [0.25, 0.3) is 0 Å². The van der Waals surface area contributed by atoms with Crippen LogP contribution in [0.3, 0.4) is 0 Å². The van der Waals surface area contributed by atoms with Crippen molar-refractivity contribution in [3.8, 4) is 0 Å². The fraction of sp³-hybridized carbons (Fsp3) is 0. The van der Waals surface area contributed by atoms with Crippen molar-refractivity contribution >= 4 is 45.7 Å². The number of hydrogen-bond donors (Lipinski definition) is 2. The average molecular weight is 262 g/mol. The van der Waals surface area contributed by atoms with Gasteiger partial charge in [-0.05, 0) is 22.0 Å². The van der Waals surface area contributed by atoms with Gasteiger partial charge >= 0.3 is 0 Å². The van der Waals surface area contributed by atoms with Crippen molar-refractivity contribution in [2.24, 2.45) is 0 Å². The van der Waals surface area contributed by atoms with Crippen LogP contribution < -0.4 is 5.73 Å². The highest BCUT2D eigenvalue weighted by Crippen LogP contribution is 2.30. The number of benzene rings is 1. The summed E-state index contributed by atoms with van der Waals surface area (Å²) in [6.45, 7) is 0. The summed E-state index contributed by atoms with van der Waals surface area (Å²) in [7, 11) is 0. The molecule has 0 aliphatic carbocycles. The average Bonchev–Trinajstić information content (AvgIpc) is 2.04. The summed E-state index contributed by atoms with van der Waals surface area (Å²) in [6.07, 6.45) is 1.70. The summed E-state index contributed by atoms with van der Waals surface area (Å²) < 4.78 is 0.461. The zero-order chi connectivity index (χ0) is 10.0. The second-order valence-electron chi connectivity index (χ2n) is 2.35. The van der Waals surface area contributed by atoms with E-state index in [1.54, 1.807) is 0 Å². The van der Waals surface area contributed by atoms with Crippen LogP contribution in [-0.4, -0.2) is 12.5 Å². The minimum Gasteiger partial charge on any atom is -0.398 e. The van der Waals surface area contributed by atoms with E-state index in [1.165, 1.54) is 6.07 Å². The molecule has 13 heavy (non-hydrogen) atoms. The molecule has 0 heterocycles. The first kappa shape index (κ1) is 10.2. The number of anilines is 1. The smallest absolute Gasteiger partial charge is 0.152 e. The topological polar surface area (TPSA) is 66.9 Å². The summed E-state index contributed by atoms with van der Waals surface area (Å²) in [6, 6.07) is 1.45. The van der Waals surface area contributed by atoms with Gasteiger partial charge in [0, 0.05) is 27.5 Å². The maximum Gasteiger partial charge on any atom is 0.152 e. The van der Waals surface area contributed by atoms with Crippen molar-refractivity contribution in [3.63, 3.8) is 0 Å². The van der Waals surface area contributed by atoms with Crippen LogP contribution >= 0.6 is 27.5 Å². The first-order valence-corrected chi connectivity index (χ1v) is 4.52. The minimum atomic E-state index is 0.282. The number of rotatable bonds is 2. The fourth-order valence-electron chi connectivity index (χ4n) is 0.923. The molecule has 3 nitrogen and oxygen atoms in total. The molecule has 1 aromatic carbocycles. The van der Waals surface area contributed by atoms with Crippen LogP contribution in [-0.2, 0) is 0 Å².